The van der Waals surface area contributed by atoms with E-state index < -0.39 is 10.0 Å². The van der Waals surface area contributed by atoms with Crippen LogP contribution in [0.3, 0.4) is 0 Å². The number of ether oxygens (including phenoxy) is 1. The average molecular weight is 578 g/mol. The normalized spacial score (nSPS) is 14.7. The molecule has 2 aromatic carbocycles. The SMILES string of the molecule is COc1cc(C2CCN(CC(N)=O)CC2)ccc1Nc1ncc2cc(C)c(-c3ccccc3N(C)S(C)(=O)=O)n2n1. The van der Waals surface area contributed by atoms with Crippen molar-refractivity contribution < 1.29 is 17.9 Å². The van der Waals surface area contributed by atoms with E-state index >= 15 is 0 Å². The van der Waals surface area contributed by atoms with E-state index in [2.05, 4.69) is 21.3 Å². The summed E-state index contributed by atoms with van der Waals surface area (Å²) in [5.74, 6) is 1.11. The first-order valence-electron chi connectivity index (χ1n) is 13.4. The zero-order chi connectivity index (χ0) is 29.3. The summed E-state index contributed by atoms with van der Waals surface area (Å²) in [5, 5.41) is 8.07. The molecular formula is C29H35N7O4S. The van der Waals surface area contributed by atoms with E-state index in [1.807, 2.05) is 43.3 Å². The summed E-state index contributed by atoms with van der Waals surface area (Å²) in [6.07, 6.45) is 4.79. The number of likely N-dealkylation sites (tertiary alicyclic amines) is 1. The molecule has 1 amide bonds. The molecule has 0 saturated carbocycles. The summed E-state index contributed by atoms with van der Waals surface area (Å²) in [5.41, 5.74) is 11.1. The fraction of sp³-hybridized carbons (Fsp3) is 0.345. The van der Waals surface area contributed by atoms with Gasteiger partial charge in [0.25, 0.3) is 0 Å². The van der Waals surface area contributed by atoms with Gasteiger partial charge in [-0.1, -0.05) is 24.3 Å². The number of nitrogens with two attached hydrogens (primary N) is 1. The number of methoxy groups -OCH3 is 1. The van der Waals surface area contributed by atoms with Crippen LogP contribution in [-0.4, -0.2) is 73.9 Å². The molecule has 1 fully saturated rings. The molecular weight excluding hydrogens is 542 g/mol. The van der Waals surface area contributed by atoms with Crippen LogP contribution in [0, 0.1) is 6.92 Å². The minimum atomic E-state index is -3.47. The molecule has 2 aromatic heterocycles. The molecule has 0 atom stereocenters. The number of aryl methyl sites for hydroxylation is 1. The topological polar surface area (TPSA) is 135 Å². The fourth-order valence-corrected chi connectivity index (χ4v) is 5.95. The zero-order valence-corrected chi connectivity index (χ0v) is 24.5. The summed E-state index contributed by atoms with van der Waals surface area (Å²) >= 11 is 0. The lowest BCUT2D eigenvalue weighted by Gasteiger charge is -2.31. The molecule has 0 aliphatic carbocycles. The Bertz CT molecular complexity index is 1690. The second-order valence-electron chi connectivity index (χ2n) is 10.4. The molecule has 41 heavy (non-hydrogen) atoms. The standard InChI is InChI=1S/C29H35N7O4S/c1-19-15-22-17-31-29(33-36(22)28(19)23-7-5-6-8-25(23)34(2)41(4,38)39)32-24-10-9-21(16-26(24)40-3)20-11-13-35(14-12-20)18-27(30)37/h5-10,15-17,20H,11-14,18H2,1-4H3,(H2,30,37)(H,32,33). The van der Waals surface area contributed by atoms with E-state index in [-0.39, 0.29) is 5.91 Å². The highest BCUT2D eigenvalue weighted by Gasteiger charge is 2.23. The quantitative estimate of drug-likeness (QED) is 0.309. The average Bonchev–Trinajstić information content (AvgIpc) is 3.27. The van der Waals surface area contributed by atoms with E-state index in [4.69, 9.17) is 15.6 Å². The third-order valence-corrected chi connectivity index (χ3v) is 8.81. The van der Waals surface area contributed by atoms with Gasteiger partial charge >= 0.3 is 0 Å². The molecule has 3 N–H and O–H groups in total. The van der Waals surface area contributed by atoms with Crippen LogP contribution in [0.15, 0.2) is 54.7 Å². The Balaban J connectivity index is 1.43. The number of carbonyl (C=O) groups excluding carboxylic acids is 1. The third-order valence-electron chi connectivity index (χ3n) is 7.61. The molecule has 12 heteroatoms. The maximum atomic E-state index is 12.4. The number of fused-ring (bicyclic) bond motifs is 1. The number of nitrogens with one attached hydrogen (secondary N) is 1. The first-order chi connectivity index (χ1) is 19.5. The predicted octanol–water partition coefficient (Wildman–Crippen LogP) is 3.52. The van der Waals surface area contributed by atoms with Crippen LogP contribution >= 0.6 is 0 Å². The lowest BCUT2D eigenvalue weighted by atomic mass is 9.89. The molecule has 0 bridgehead atoms. The number of para-hydroxylation sites is 1. The van der Waals surface area contributed by atoms with Crippen molar-refractivity contribution >= 4 is 38.8 Å². The van der Waals surface area contributed by atoms with Crippen molar-refractivity contribution in [1.29, 1.82) is 0 Å². The van der Waals surface area contributed by atoms with Crippen LogP contribution in [0.5, 0.6) is 5.75 Å². The Kier molecular flexibility index (Phi) is 7.87. The highest BCUT2D eigenvalue weighted by Crippen LogP contribution is 2.36. The van der Waals surface area contributed by atoms with E-state index in [0.29, 0.717) is 29.8 Å². The van der Waals surface area contributed by atoms with Crippen LogP contribution in [0.2, 0.25) is 0 Å². The second-order valence-corrected chi connectivity index (χ2v) is 12.5. The van der Waals surface area contributed by atoms with Gasteiger partial charge in [-0.25, -0.2) is 17.9 Å². The predicted molar refractivity (Wildman–Crippen MR) is 160 cm³/mol. The molecule has 11 nitrogen and oxygen atoms in total. The highest BCUT2D eigenvalue weighted by atomic mass is 32.2. The van der Waals surface area contributed by atoms with Crippen LogP contribution in [0.25, 0.3) is 16.8 Å². The Morgan fingerprint density at radius 1 is 1.17 bits per heavy atom. The number of piperidine rings is 1. The number of hydrogen-bond acceptors (Lipinski definition) is 8. The molecule has 0 unspecified atom stereocenters. The molecule has 0 radical (unpaired) electrons. The van der Waals surface area contributed by atoms with Gasteiger partial charge < -0.3 is 15.8 Å². The van der Waals surface area contributed by atoms with Crippen LogP contribution in [0.1, 0.15) is 29.9 Å². The number of nitrogens with zero attached hydrogens (tertiary/aromatic N) is 5. The van der Waals surface area contributed by atoms with Crippen molar-refractivity contribution in [2.24, 2.45) is 5.73 Å². The van der Waals surface area contributed by atoms with E-state index in [1.54, 1.807) is 30.9 Å². The molecule has 5 rings (SSSR count). The van der Waals surface area contributed by atoms with Crippen LogP contribution in [0.4, 0.5) is 17.3 Å². The van der Waals surface area contributed by atoms with Gasteiger partial charge in [0.05, 0.1) is 48.7 Å². The van der Waals surface area contributed by atoms with Crippen molar-refractivity contribution in [3.8, 4) is 17.0 Å². The first-order valence-corrected chi connectivity index (χ1v) is 15.2. The number of aromatic nitrogens is 3. The molecule has 0 spiro atoms. The minimum absolute atomic E-state index is 0.297. The maximum Gasteiger partial charge on any atom is 0.245 e. The van der Waals surface area contributed by atoms with Crippen molar-refractivity contribution in [3.05, 3.63) is 65.9 Å². The molecule has 1 aliphatic heterocycles. The van der Waals surface area contributed by atoms with Crippen molar-refractivity contribution in [1.82, 2.24) is 19.5 Å². The Morgan fingerprint density at radius 2 is 1.90 bits per heavy atom. The summed E-state index contributed by atoms with van der Waals surface area (Å²) in [6, 6.07) is 15.4. The summed E-state index contributed by atoms with van der Waals surface area (Å²) in [6.45, 7) is 3.91. The number of primary amides is 1. The van der Waals surface area contributed by atoms with E-state index in [1.165, 1.54) is 16.1 Å². The number of rotatable bonds is 9. The monoisotopic (exact) mass is 577 g/mol. The fourth-order valence-electron chi connectivity index (χ4n) is 5.44. The lowest BCUT2D eigenvalue weighted by Crippen LogP contribution is -2.39. The van der Waals surface area contributed by atoms with Gasteiger partial charge in [-0.15, -0.1) is 5.10 Å². The Hall–Kier alpha value is -4.16. The number of sulfonamides is 1. The number of amides is 1. The van der Waals surface area contributed by atoms with Crippen molar-refractivity contribution in [2.75, 3.05) is 49.7 Å². The Morgan fingerprint density at radius 3 is 2.59 bits per heavy atom. The van der Waals surface area contributed by atoms with Gasteiger partial charge in [0.2, 0.25) is 21.9 Å². The minimum Gasteiger partial charge on any atom is -0.495 e. The van der Waals surface area contributed by atoms with Gasteiger partial charge in [0, 0.05) is 12.6 Å². The molecule has 216 valence electrons. The van der Waals surface area contributed by atoms with E-state index in [0.717, 1.165) is 54.0 Å². The third kappa shape index (κ3) is 5.98. The first kappa shape index (κ1) is 28.4. The number of carbonyl (C=O) groups is 1. The number of anilines is 3. The molecule has 4 aromatic rings. The van der Waals surface area contributed by atoms with Crippen molar-refractivity contribution in [3.63, 3.8) is 0 Å². The maximum absolute atomic E-state index is 12.4. The largest absolute Gasteiger partial charge is 0.495 e. The summed E-state index contributed by atoms with van der Waals surface area (Å²) < 4.78 is 33.5. The van der Waals surface area contributed by atoms with Gasteiger partial charge in [-0.2, -0.15) is 0 Å². The Labute approximate surface area is 240 Å². The van der Waals surface area contributed by atoms with E-state index in [9.17, 15) is 13.2 Å². The summed E-state index contributed by atoms with van der Waals surface area (Å²) in [7, 11) is -0.293. The van der Waals surface area contributed by atoms with Gasteiger partial charge in [-0.05, 0) is 74.2 Å². The summed E-state index contributed by atoms with van der Waals surface area (Å²) in [4.78, 5) is 17.9. The van der Waals surface area contributed by atoms with Gasteiger partial charge in [0.15, 0.2) is 0 Å². The van der Waals surface area contributed by atoms with Crippen LogP contribution < -0.4 is 20.1 Å². The molecule has 1 saturated heterocycles. The number of benzene rings is 2. The van der Waals surface area contributed by atoms with Gasteiger partial charge in [0.1, 0.15) is 5.75 Å². The zero-order valence-electron chi connectivity index (χ0n) is 23.7. The van der Waals surface area contributed by atoms with Crippen LogP contribution in [-0.2, 0) is 14.8 Å². The second kappa shape index (κ2) is 11.4. The molecule has 3 heterocycles. The lowest BCUT2D eigenvalue weighted by molar-refractivity contribution is -0.119. The highest BCUT2D eigenvalue weighted by molar-refractivity contribution is 7.92. The van der Waals surface area contributed by atoms with Gasteiger partial charge in [-0.3, -0.25) is 14.0 Å². The number of hydrogen-bond donors (Lipinski definition) is 2. The molecule has 1 aliphatic rings. The smallest absolute Gasteiger partial charge is 0.245 e. The van der Waals surface area contributed by atoms with Crippen molar-refractivity contribution in [2.45, 2.75) is 25.7 Å².